The van der Waals surface area contributed by atoms with Crippen LogP contribution in [0.4, 0.5) is 0 Å². The minimum Gasteiger partial charge on any atom is -0.481 e. The summed E-state index contributed by atoms with van der Waals surface area (Å²) in [5.41, 5.74) is 0. The maximum Gasteiger partial charge on any atom is 0.308 e. The lowest BCUT2D eigenvalue weighted by Crippen LogP contribution is -2.37. The highest BCUT2D eigenvalue weighted by Gasteiger charge is 2.43. The molecule has 0 radical (unpaired) electrons. The number of esters is 2. The van der Waals surface area contributed by atoms with Crippen LogP contribution in [-0.2, 0) is 47.6 Å². The van der Waals surface area contributed by atoms with Gasteiger partial charge in [-0.1, -0.05) is 0 Å². The Morgan fingerprint density at radius 3 is 1.32 bits per heavy atom. The Balaban J connectivity index is 0.000000218. The first-order valence-electron chi connectivity index (χ1n) is 16.0. The van der Waals surface area contributed by atoms with Crippen molar-refractivity contribution in [3.8, 4) is 0 Å². The summed E-state index contributed by atoms with van der Waals surface area (Å²) in [6.45, 7) is 6.96. The van der Waals surface area contributed by atoms with E-state index in [2.05, 4.69) is 0 Å². The number of hydrogen-bond acceptors (Lipinski definition) is 12. The molecule has 0 atom stereocenters. The smallest absolute Gasteiger partial charge is 0.308 e. The van der Waals surface area contributed by atoms with Gasteiger partial charge >= 0.3 is 17.9 Å². The van der Waals surface area contributed by atoms with Crippen molar-refractivity contribution in [2.75, 3.05) is 52.9 Å². The van der Waals surface area contributed by atoms with Gasteiger partial charge < -0.3 is 43.7 Å². The van der Waals surface area contributed by atoms with E-state index in [9.17, 15) is 19.2 Å². The Hall–Kier alpha value is -2.16. The van der Waals surface area contributed by atoms with Gasteiger partial charge in [0.25, 0.3) is 0 Å². The lowest BCUT2D eigenvalue weighted by Gasteiger charge is -2.34. The monoisotopic (exact) mass is 632 g/mol. The zero-order valence-electron chi connectivity index (χ0n) is 26.3. The molecule has 5 aliphatic rings. The van der Waals surface area contributed by atoms with E-state index in [1.54, 1.807) is 6.92 Å². The molecule has 3 saturated carbocycles. The van der Waals surface area contributed by atoms with Crippen LogP contribution in [0.3, 0.4) is 0 Å². The first kappa shape index (κ1) is 38.0. The topological polar surface area (TPSA) is 184 Å². The summed E-state index contributed by atoms with van der Waals surface area (Å²) in [6, 6.07) is 0. The normalized spacial score (nSPS) is 24.2. The van der Waals surface area contributed by atoms with Crippen LogP contribution in [0.5, 0.6) is 0 Å². The second kappa shape index (κ2) is 20.1. The standard InChI is InChI=1S/C11H18O4.C9H14O4.C9H14O3.C2H6O2/c1-2-13-10(12)9-3-5-11(6-4-9)14-7-8-15-11;10-8(11)7-1-3-9(4-2-7)12-5-6-13-9;1-2-12-9(11)7-3-5-8(10)6-4-7;3-1-2-4/h9H,2-8H2,1H3;7H,1-6H2,(H,10,11);7H,2-6H2,1H3;3-4H,1-2H2. The number of ether oxygens (including phenoxy) is 6. The zero-order valence-corrected chi connectivity index (χ0v) is 26.3. The highest BCUT2D eigenvalue weighted by molar-refractivity contribution is 5.82. The Bertz CT molecular complexity index is 848. The second-order valence-corrected chi connectivity index (χ2v) is 11.4. The second-order valence-electron chi connectivity index (χ2n) is 11.4. The van der Waals surface area contributed by atoms with Crippen LogP contribution in [0.25, 0.3) is 0 Å². The molecule has 2 aliphatic heterocycles. The van der Waals surface area contributed by atoms with Gasteiger partial charge in [-0.25, -0.2) is 0 Å². The van der Waals surface area contributed by atoms with Gasteiger partial charge in [0.15, 0.2) is 11.6 Å². The molecular weight excluding hydrogens is 580 g/mol. The van der Waals surface area contributed by atoms with Gasteiger partial charge in [-0.3, -0.25) is 19.2 Å². The minimum atomic E-state index is -0.687. The average molecular weight is 633 g/mol. The fourth-order valence-corrected chi connectivity index (χ4v) is 5.86. The zero-order chi connectivity index (χ0) is 32.4. The third kappa shape index (κ3) is 12.7. The number of carbonyl (C=O) groups is 4. The third-order valence-corrected chi connectivity index (χ3v) is 8.35. The Labute approximate surface area is 259 Å². The molecule has 0 aromatic rings. The molecule has 0 amide bonds. The highest BCUT2D eigenvalue weighted by atomic mass is 16.7. The molecule has 254 valence electrons. The molecule has 44 heavy (non-hydrogen) atoms. The van der Waals surface area contributed by atoms with Gasteiger partial charge in [-0.05, 0) is 52.4 Å². The summed E-state index contributed by atoms with van der Waals surface area (Å²) in [6.07, 6.45) is 8.52. The number of aliphatic hydroxyl groups is 2. The number of ketones is 1. The van der Waals surface area contributed by atoms with Crippen molar-refractivity contribution >= 4 is 23.7 Å². The summed E-state index contributed by atoms with van der Waals surface area (Å²) >= 11 is 0. The van der Waals surface area contributed by atoms with Crippen molar-refractivity contribution in [2.45, 2.75) is 102 Å². The van der Waals surface area contributed by atoms with Crippen LogP contribution >= 0.6 is 0 Å². The number of aliphatic carboxylic acids is 1. The molecule has 0 aromatic heterocycles. The molecule has 3 N–H and O–H groups in total. The number of aliphatic hydroxyl groups excluding tert-OH is 2. The summed E-state index contributed by atoms with van der Waals surface area (Å²) in [4.78, 5) is 44.2. The largest absolute Gasteiger partial charge is 0.481 e. The molecule has 2 saturated heterocycles. The summed E-state index contributed by atoms with van der Waals surface area (Å²) in [5, 5.41) is 24.0. The summed E-state index contributed by atoms with van der Waals surface area (Å²) < 4.78 is 32.1. The van der Waals surface area contributed by atoms with Crippen molar-refractivity contribution in [1.82, 2.24) is 0 Å². The van der Waals surface area contributed by atoms with Crippen molar-refractivity contribution in [1.29, 1.82) is 0 Å². The first-order valence-corrected chi connectivity index (χ1v) is 16.0. The lowest BCUT2D eigenvalue weighted by atomic mass is 9.85. The number of rotatable bonds is 6. The van der Waals surface area contributed by atoms with Crippen LogP contribution in [-0.4, -0.2) is 103 Å². The van der Waals surface area contributed by atoms with E-state index < -0.39 is 11.8 Å². The number of Topliss-reactive ketones (excluding diaryl/α,β-unsaturated/α-hetero) is 1. The molecular formula is C31H52O13. The van der Waals surface area contributed by atoms with Gasteiger partial charge in [0, 0.05) is 38.5 Å². The Kier molecular flexibility index (Phi) is 17.3. The Morgan fingerprint density at radius 1 is 0.659 bits per heavy atom. The molecule has 2 spiro atoms. The van der Waals surface area contributed by atoms with Crippen molar-refractivity contribution in [3.63, 3.8) is 0 Å². The summed E-state index contributed by atoms with van der Waals surface area (Å²) in [5.74, 6) is -1.59. The fraction of sp³-hybridized carbons (Fsp3) is 0.871. The predicted molar refractivity (Wildman–Crippen MR) is 155 cm³/mol. The van der Waals surface area contributed by atoms with E-state index in [4.69, 9.17) is 43.7 Å². The van der Waals surface area contributed by atoms with Crippen LogP contribution in [0, 0.1) is 17.8 Å². The summed E-state index contributed by atoms with van der Waals surface area (Å²) in [7, 11) is 0. The van der Waals surface area contributed by atoms with E-state index in [0.717, 1.165) is 38.5 Å². The molecule has 0 unspecified atom stereocenters. The Morgan fingerprint density at radius 2 is 1.00 bits per heavy atom. The van der Waals surface area contributed by atoms with Crippen LogP contribution in [0.2, 0.25) is 0 Å². The predicted octanol–water partition coefficient (Wildman–Crippen LogP) is 2.77. The van der Waals surface area contributed by atoms with E-state index in [0.29, 0.717) is 78.2 Å². The highest BCUT2D eigenvalue weighted by Crippen LogP contribution is 2.39. The molecule has 0 bridgehead atoms. The van der Waals surface area contributed by atoms with Crippen molar-refractivity contribution in [2.24, 2.45) is 17.8 Å². The molecule has 5 rings (SSSR count). The van der Waals surface area contributed by atoms with Gasteiger partial charge in [-0.15, -0.1) is 0 Å². The van der Waals surface area contributed by atoms with E-state index >= 15 is 0 Å². The molecule has 5 fully saturated rings. The molecule has 0 aromatic carbocycles. The molecule has 3 aliphatic carbocycles. The van der Waals surface area contributed by atoms with Crippen LogP contribution in [0.1, 0.15) is 90.9 Å². The minimum absolute atomic E-state index is 0.0253. The maximum absolute atomic E-state index is 11.5. The average Bonchev–Trinajstić information content (AvgIpc) is 3.69. The van der Waals surface area contributed by atoms with E-state index in [1.165, 1.54) is 0 Å². The SMILES string of the molecule is CCOC(=O)C1CCC(=O)CC1.CCOC(=O)C1CCC2(CC1)OCCO2.O=C(O)C1CCC2(CC1)OCCO2.OCCO. The number of hydrogen-bond donors (Lipinski definition) is 3. The molecule has 2 heterocycles. The number of carboxylic acids is 1. The van der Waals surface area contributed by atoms with Crippen molar-refractivity contribution in [3.05, 3.63) is 0 Å². The maximum atomic E-state index is 11.5. The number of carboxylic acid groups (broad SMARTS) is 1. The molecule has 13 nitrogen and oxygen atoms in total. The quantitative estimate of drug-likeness (QED) is 0.364. The van der Waals surface area contributed by atoms with Gasteiger partial charge in [0.2, 0.25) is 0 Å². The van der Waals surface area contributed by atoms with Crippen LogP contribution < -0.4 is 0 Å². The van der Waals surface area contributed by atoms with Gasteiger partial charge in [-0.2, -0.15) is 0 Å². The van der Waals surface area contributed by atoms with Gasteiger partial charge in [0.1, 0.15) is 5.78 Å². The lowest BCUT2D eigenvalue weighted by molar-refractivity contribution is -0.188. The number of carbonyl (C=O) groups excluding carboxylic acids is 3. The van der Waals surface area contributed by atoms with E-state index in [1.807, 2.05) is 6.92 Å². The van der Waals surface area contributed by atoms with Gasteiger partial charge in [0.05, 0.1) is 70.6 Å². The van der Waals surface area contributed by atoms with Crippen molar-refractivity contribution < 1.29 is 62.9 Å². The van der Waals surface area contributed by atoms with E-state index in [-0.39, 0.29) is 54.5 Å². The fourth-order valence-electron chi connectivity index (χ4n) is 5.86. The third-order valence-electron chi connectivity index (χ3n) is 8.35. The first-order chi connectivity index (χ1) is 21.1. The van der Waals surface area contributed by atoms with Crippen LogP contribution in [0.15, 0.2) is 0 Å². The molecule has 13 heteroatoms.